The van der Waals surface area contributed by atoms with Gasteiger partial charge >= 0.3 is 0 Å². The Morgan fingerprint density at radius 2 is 1.84 bits per heavy atom. The minimum absolute atomic E-state index is 0. The van der Waals surface area contributed by atoms with E-state index in [1.165, 1.54) is 0 Å². The van der Waals surface area contributed by atoms with Gasteiger partial charge in [-0.05, 0) is 37.2 Å². The Bertz CT molecular complexity index is 523. The molecule has 2 aliphatic heterocycles. The Morgan fingerprint density at radius 3 is 2.48 bits per heavy atom. The minimum atomic E-state index is -0.331. The number of carbonyl (C=O) groups is 1. The van der Waals surface area contributed by atoms with E-state index in [2.05, 4.69) is 12.1 Å². The lowest BCUT2D eigenvalue weighted by Crippen LogP contribution is -2.42. The molecule has 1 amide bonds. The number of ether oxygens (including phenoxy) is 2. The summed E-state index contributed by atoms with van der Waals surface area (Å²) in [6.45, 7) is 3.51. The van der Waals surface area contributed by atoms with Crippen LogP contribution in [0.3, 0.4) is 0 Å². The zero-order chi connectivity index (χ0) is 16.8. The van der Waals surface area contributed by atoms with Crippen LogP contribution in [0.2, 0.25) is 0 Å². The summed E-state index contributed by atoms with van der Waals surface area (Å²) in [5.74, 6) is 0.624. The van der Waals surface area contributed by atoms with Crippen molar-refractivity contribution >= 4 is 18.3 Å². The maximum atomic E-state index is 13.0. The highest BCUT2D eigenvalue weighted by Gasteiger charge is 2.33. The average Bonchev–Trinajstić information content (AvgIpc) is 3.11. The van der Waals surface area contributed by atoms with E-state index in [4.69, 9.17) is 15.2 Å². The van der Waals surface area contributed by atoms with Crippen molar-refractivity contribution in [3.05, 3.63) is 35.9 Å². The van der Waals surface area contributed by atoms with Gasteiger partial charge in [-0.25, -0.2) is 0 Å². The highest BCUT2D eigenvalue weighted by molar-refractivity contribution is 5.85. The molecule has 2 heterocycles. The SMILES string of the molecule is Cl.NC[C@H]1CC[C@@H](C(=O)N(Cc2ccccc2)CC2CCOCC2)O1. The molecule has 1 aromatic carbocycles. The molecule has 140 valence electrons. The van der Waals surface area contributed by atoms with Crippen LogP contribution in [-0.2, 0) is 20.8 Å². The van der Waals surface area contributed by atoms with E-state index in [1.807, 2.05) is 23.1 Å². The maximum Gasteiger partial charge on any atom is 0.252 e. The molecule has 0 saturated carbocycles. The van der Waals surface area contributed by atoms with Crippen LogP contribution in [0.5, 0.6) is 0 Å². The van der Waals surface area contributed by atoms with Crippen LogP contribution >= 0.6 is 12.4 Å². The first-order valence-corrected chi connectivity index (χ1v) is 9.02. The Kier molecular flexibility index (Phi) is 8.16. The lowest BCUT2D eigenvalue weighted by atomic mass is 9.99. The molecular weight excluding hydrogens is 340 g/mol. The summed E-state index contributed by atoms with van der Waals surface area (Å²) in [6.07, 6.45) is 3.40. The number of hydrogen-bond donors (Lipinski definition) is 1. The van der Waals surface area contributed by atoms with Crippen LogP contribution in [-0.4, -0.2) is 49.3 Å². The quantitative estimate of drug-likeness (QED) is 0.837. The van der Waals surface area contributed by atoms with Gasteiger partial charge in [-0.1, -0.05) is 30.3 Å². The van der Waals surface area contributed by atoms with E-state index >= 15 is 0 Å². The van der Waals surface area contributed by atoms with Gasteiger partial charge in [0, 0.05) is 32.8 Å². The zero-order valence-corrected chi connectivity index (χ0v) is 15.5. The molecule has 0 bridgehead atoms. The highest BCUT2D eigenvalue weighted by atomic mass is 35.5. The molecule has 2 fully saturated rings. The van der Waals surface area contributed by atoms with E-state index in [0.717, 1.165) is 51.0 Å². The fraction of sp³-hybridized carbons (Fsp3) is 0.632. The molecule has 5 nitrogen and oxygen atoms in total. The van der Waals surface area contributed by atoms with E-state index in [-0.39, 0.29) is 30.5 Å². The van der Waals surface area contributed by atoms with E-state index in [0.29, 0.717) is 19.0 Å². The number of carbonyl (C=O) groups excluding carboxylic acids is 1. The molecule has 0 aromatic heterocycles. The summed E-state index contributed by atoms with van der Waals surface area (Å²) < 4.78 is 11.3. The van der Waals surface area contributed by atoms with Crippen molar-refractivity contribution in [3.63, 3.8) is 0 Å². The Hall–Kier alpha value is -1.14. The Balaban J connectivity index is 0.00000225. The molecule has 6 heteroatoms. The number of nitrogens with two attached hydrogens (primary N) is 1. The molecule has 2 atom stereocenters. The van der Waals surface area contributed by atoms with Crippen molar-refractivity contribution in [2.24, 2.45) is 11.7 Å². The summed E-state index contributed by atoms with van der Waals surface area (Å²) in [5.41, 5.74) is 6.84. The van der Waals surface area contributed by atoms with E-state index < -0.39 is 0 Å². The largest absolute Gasteiger partial charge is 0.381 e. The molecule has 3 rings (SSSR count). The molecule has 2 aliphatic rings. The van der Waals surface area contributed by atoms with Crippen molar-refractivity contribution in [1.29, 1.82) is 0 Å². The number of rotatable bonds is 6. The standard InChI is InChI=1S/C19H28N2O3.ClH/c20-12-17-6-7-18(24-17)19(22)21(13-15-4-2-1-3-5-15)14-16-8-10-23-11-9-16;/h1-5,16-18H,6-14,20H2;1H/t17-,18+;/m1./s1. The summed E-state index contributed by atoms with van der Waals surface area (Å²) >= 11 is 0. The van der Waals surface area contributed by atoms with Gasteiger partial charge in [0.05, 0.1) is 6.10 Å². The summed E-state index contributed by atoms with van der Waals surface area (Å²) in [4.78, 5) is 15.0. The molecule has 25 heavy (non-hydrogen) atoms. The van der Waals surface area contributed by atoms with Gasteiger partial charge < -0.3 is 20.1 Å². The smallest absolute Gasteiger partial charge is 0.252 e. The maximum absolute atomic E-state index is 13.0. The second-order valence-corrected chi connectivity index (χ2v) is 6.82. The second kappa shape index (κ2) is 10.1. The van der Waals surface area contributed by atoms with Crippen molar-refractivity contribution < 1.29 is 14.3 Å². The van der Waals surface area contributed by atoms with Gasteiger partial charge in [0.25, 0.3) is 5.91 Å². The third kappa shape index (κ3) is 5.68. The first kappa shape index (κ1) is 20.2. The Labute approximate surface area is 156 Å². The van der Waals surface area contributed by atoms with Crippen LogP contribution in [0.25, 0.3) is 0 Å². The lowest BCUT2D eigenvalue weighted by Gasteiger charge is -2.31. The fourth-order valence-electron chi connectivity index (χ4n) is 3.54. The van der Waals surface area contributed by atoms with Crippen molar-refractivity contribution in [1.82, 2.24) is 4.90 Å². The van der Waals surface area contributed by atoms with Crippen LogP contribution in [0, 0.1) is 5.92 Å². The molecule has 0 spiro atoms. The van der Waals surface area contributed by atoms with Crippen molar-refractivity contribution in [2.45, 2.75) is 44.4 Å². The summed E-state index contributed by atoms with van der Waals surface area (Å²) in [6, 6.07) is 10.2. The van der Waals surface area contributed by atoms with Crippen molar-refractivity contribution in [3.8, 4) is 0 Å². The zero-order valence-electron chi connectivity index (χ0n) is 14.6. The van der Waals surface area contributed by atoms with E-state index in [1.54, 1.807) is 0 Å². The summed E-state index contributed by atoms with van der Waals surface area (Å²) in [7, 11) is 0. The molecule has 0 unspecified atom stereocenters. The van der Waals surface area contributed by atoms with Crippen molar-refractivity contribution in [2.75, 3.05) is 26.3 Å². The van der Waals surface area contributed by atoms with Gasteiger partial charge in [-0.15, -0.1) is 12.4 Å². The van der Waals surface area contributed by atoms with Gasteiger partial charge in [-0.2, -0.15) is 0 Å². The number of amides is 1. The topological polar surface area (TPSA) is 64.8 Å². The minimum Gasteiger partial charge on any atom is -0.381 e. The van der Waals surface area contributed by atoms with Crippen LogP contribution in [0.15, 0.2) is 30.3 Å². The number of hydrogen-bond acceptors (Lipinski definition) is 4. The number of benzene rings is 1. The lowest BCUT2D eigenvalue weighted by molar-refractivity contribution is -0.144. The normalized spacial score (nSPS) is 23.9. The van der Waals surface area contributed by atoms with Crippen LogP contribution in [0.1, 0.15) is 31.2 Å². The summed E-state index contributed by atoms with van der Waals surface area (Å²) in [5, 5.41) is 0. The van der Waals surface area contributed by atoms with Gasteiger partial charge in [0.2, 0.25) is 0 Å². The van der Waals surface area contributed by atoms with Gasteiger partial charge in [0.1, 0.15) is 6.10 Å². The molecule has 0 aliphatic carbocycles. The van der Waals surface area contributed by atoms with Crippen LogP contribution in [0.4, 0.5) is 0 Å². The molecule has 0 radical (unpaired) electrons. The second-order valence-electron chi connectivity index (χ2n) is 6.82. The van der Waals surface area contributed by atoms with E-state index in [9.17, 15) is 4.79 Å². The monoisotopic (exact) mass is 368 g/mol. The molecular formula is C19H29ClN2O3. The first-order valence-electron chi connectivity index (χ1n) is 9.02. The van der Waals surface area contributed by atoms with Gasteiger partial charge in [0.15, 0.2) is 0 Å². The predicted octanol–water partition coefficient (Wildman–Crippen LogP) is 2.37. The molecule has 2 N–H and O–H groups in total. The average molecular weight is 369 g/mol. The van der Waals surface area contributed by atoms with Gasteiger partial charge in [-0.3, -0.25) is 4.79 Å². The van der Waals surface area contributed by atoms with Crippen LogP contribution < -0.4 is 5.73 Å². The number of nitrogens with zero attached hydrogens (tertiary/aromatic N) is 1. The molecule has 1 aromatic rings. The fourth-order valence-corrected chi connectivity index (χ4v) is 3.54. The predicted molar refractivity (Wildman–Crippen MR) is 99.6 cm³/mol. The number of halogens is 1. The third-order valence-corrected chi connectivity index (χ3v) is 4.99. The third-order valence-electron chi connectivity index (χ3n) is 4.99. The highest BCUT2D eigenvalue weighted by Crippen LogP contribution is 2.24. The molecule has 2 saturated heterocycles. The Morgan fingerprint density at radius 1 is 1.12 bits per heavy atom. The first-order chi connectivity index (χ1) is 11.8.